The smallest absolute Gasteiger partial charge is 0.255 e. The van der Waals surface area contributed by atoms with E-state index >= 15 is 0 Å². The van der Waals surface area contributed by atoms with Crippen LogP contribution in [0.15, 0.2) is 36.5 Å². The van der Waals surface area contributed by atoms with Crippen molar-refractivity contribution in [1.82, 2.24) is 4.98 Å². The largest absolute Gasteiger partial charge is 0.473 e. The average Bonchev–Trinajstić information content (AvgIpc) is 3.04. The predicted octanol–water partition coefficient (Wildman–Crippen LogP) is 3.67. The Morgan fingerprint density at radius 3 is 3.00 bits per heavy atom. The van der Waals surface area contributed by atoms with Gasteiger partial charge in [-0.2, -0.15) is 11.8 Å². The molecule has 0 saturated carbocycles. The number of carbonyl (C=O) groups excluding carboxylic acids is 1. The van der Waals surface area contributed by atoms with Crippen molar-refractivity contribution < 1.29 is 13.9 Å². The first-order valence-electron chi connectivity index (χ1n) is 7.40. The summed E-state index contributed by atoms with van der Waals surface area (Å²) in [4.78, 5) is 16.4. The lowest BCUT2D eigenvalue weighted by molar-refractivity contribution is 0.102. The second kappa shape index (κ2) is 7.00. The quantitative estimate of drug-likeness (QED) is 0.928. The number of nitrogens with one attached hydrogen (secondary N) is 1. The van der Waals surface area contributed by atoms with Gasteiger partial charge in [0, 0.05) is 29.3 Å². The number of rotatable bonds is 4. The van der Waals surface area contributed by atoms with Crippen LogP contribution in [0.25, 0.3) is 0 Å². The van der Waals surface area contributed by atoms with E-state index in [2.05, 4.69) is 10.3 Å². The number of pyridine rings is 1. The van der Waals surface area contributed by atoms with Gasteiger partial charge in [0.2, 0.25) is 5.88 Å². The molecule has 0 bridgehead atoms. The molecule has 1 saturated heterocycles. The summed E-state index contributed by atoms with van der Waals surface area (Å²) < 4.78 is 19.3. The van der Waals surface area contributed by atoms with E-state index in [-0.39, 0.29) is 17.8 Å². The van der Waals surface area contributed by atoms with Gasteiger partial charge in [-0.25, -0.2) is 9.37 Å². The van der Waals surface area contributed by atoms with Crippen LogP contribution in [0.3, 0.4) is 0 Å². The van der Waals surface area contributed by atoms with E-state index in [1.807, 2.05) is 11.8 Å². The summed E-state index contributed by atoms with van der Waals surface area (Å²) in [5.41, 5.74) is 1.39. The average molecular weight is 332 g/mol. The van der Waals surface area contributed by atoms with Gasteiger partial charge in [0.25, 0.3) is 5.91 Å². The number of hydrogen-bond donors (Lipinski definition) is 1. The number of carbonyl (C=O) groups is 1. The number of ether oxygens (including phenoxy) is 1. The first-order valence-corrected chi connectivity index (χ1v) is 8.55. The van der Waals surface area contributed by atoms with E-state index < -0.39 is 0 Å². The van der Waals surface area contributed by atoms with Gasteiger partial charge in [0.05, 0.1) is 0 Å². The SMILES string of the molecule is Cc1ccc(NC(=O)c2ccnc(O[C@H]3CCSC3)c2)cc1F. The van der Waals surface area contributed by atoms with Crippen molar-refractivity contribution >= 4 is 23.4 Å². The fourth-order valence-electron chi connectivity index (χ4n) is 2.27. The molecule has 4 nitrogen and oxygen atoms in total. The van der Waals surface area contributed by atoms with Gasteiger partial charge in [-0.3, -0.25) is 4.79 Å². The van der Waals surface area contributed by atoms with E-state index in [1.165, 1.54) is 6.07 Å². The number of aromatic nitrogens is 1. The van der Waals surface area contributed by atoms with Crippen LogP contribution in [0, 0.1) is 12.7 Å². The van der Waals surface area contributed by atoms with Gasteiger partial charge in [-0.05, 0) is 42.9 Å². The molecular formula is C17H17FN2O2S. The molecule has 3 rings (SSSR count). The lowest BCUT2D eigenvalue weighted by atomic mass is 10.2. The molecule has 1 aliphatic heterocycles. The third-order valence-corrected chi connectivity index (χ3v) is 4.73. The van der Waals surface area contributed by atoms with Crippen LogP contribution in [-0.4, -0.2) is 28.5 Å². The molecule has 6 heteroatoms. The number of thioether (sulfide) groups is 1. The molecule has 0 aliphatic carbocycles. The minimum Gasteiger partial charge on any atom is -0.473 e. The molecule has 1 fully saturated rings. The van der Waals surface area contributed by atoms with E-state index in [0.29, 0.717) is 22.7 Å². The molecule has 1 amide bonds. The summed E-state index contributed by atoms with van der Waals surface area (Å²) >= 11 is 1.85. The molecule has 2 heterocycles. The zero-order valence-corrected chi connectivity index (χ0v) is 13.5. The monoisotopic (exact) mass is 332 g/mol. The minimum atomic E-state index is -0.347. The van der Waals surface area contributed by atoms with E-state index in [4.69, 9.17) is 4.74 Å². The molecule has 1 N–H and O–H groups in total. The van der Waals surface area contributed by atoms with E-state index in [1.54, 1.807) is 37.4 Å². The molecule has 1 aromatic heterocycles. The van der Waals surface area contributed by atoms with Crippen LogP contribution in [0.1, 0.15) is 22.3 Å². The van der Waals surface area contributed by atoms with E-state index in [9.17, 15) is 9.18 Å². The van der Waals surface area contributed by atoms with Gasteiger partial charge in [0.1, 0.15) is 11.9 Å². The van der Waals surface area contributed by atoms with Crippen molar-refractivity contribution in [1.29, 1.82) is 0 Å². The Morgan fingerprint density at radius 2 is 2.26 bits per heavy atom. The Balaban J connectivity index is 1.70. The Bertz CT molecular complexity index is 717. The van der Waals surface area contributed by atoms with Crippen LogP contribution in [0.4, 0.5) is 10.1 Å². The van der Waals surface area contributed by atoms with Crippen LogP contribution in [-0.2, 0) is 0 Å². The van der Waals surface area contributed by atoms with Crippen molar-refractivity contribution in [2.24, 2.45) is 0 Å². The van der Waals surface area contributed by atoms with Gasteiger partial charge in [-0.15, -0.1) is 0 Å². The highest BCUT2D eigenvalue weighted by Crippen LogP contribution is 2.22. The molecule has 23 heavy (non-hydrogen) atoms. The Kier molecular flexibility index (Phi) is 4.81. The van der Waals surface area contributed by atoms with Crippen molar-refractivity contribution in [2.75, 3.05) is 16.8 Å². The standard InChI is InChI=1S/C17H17FN2O2S/c1-11-2-3-13(9-15(11)18)20-17(21)12-4-6-19-16(8-12)22-14-5-7-23-10-14/h2-4,6,8-9,14H,5,7,10H2,1H3,(H,20,21)/t14-/m0/s1. The fourth-order valence-corrected chi connectivity index (χ4v) is 3.36. The van der Waals surface area contributed by atoms with Crippen LogP contribution in [0.5, 0.6) is 5.88 Å². The summed E-state index contributed by atoms with van der Waals surface area (Å²) in [5.74, 6) is 1.81. The van der Waals surface area contributed by atoms with Crippen LogP contribution < -0.4 is 10.1 Å². The first kappa shape index (κ1) is 15.8. The molecule has 2 aromatic rings. The summed E-state index contributed by atoms with van der Waals surface area (Å²) in [5, 5.41) is 2.68. The van der Waals surface area contributed by atoms with Crippen molar-refractivity contribution in [3.63, 3.8) is 0 Å². The maximum Gasteiger partial charge on any atom is 0.255 e. The minimum absolute atomic E-state index is 0.150. The zero-order chi connectivity index (χ0) is 16.2. The van der Waals surface area contributed by atoms with Gasteiger partial charge in [0.15, 0.2) is 0 Å². The number of nitrogens with zero attached hydrogens (tertiary/aromatic N) is 1. The summed E-state index contributed by atoms with van der Waals surface area (Å²) in [6, 6.07) is 7.83. The third kappa shape index (κ3) is 4.01. The highest BCUT2D eigenvalue weighted by molar-refractivity contribution is 7.99. The zero-order valence-electron chi connectivity index (χ0n) is 12.7. The molecule has 1 aliphatic rings. The number of hydrogen-bond acceptors (Lipinski definition) is 4. The molecular weight excluding hydrogens is 315 g/mol. The lowest BCUT2D eigenvalue weighted by Gasteiger charge is -2.12. The third-order valence-electron chi connectivity index (χ3n) is 3.60. The second-order valence-electron chi connectivity index (χ2n) is 5.40. The summed E-state index contributed by atoms with van der Waals surface area (Å²) in [7, 11) is 0. The molecule has 120 valence electrons. The van der Waals surface area contributed by atoms with Crippen molar-refractivity contribution in [3.05, 3.63) is 53.5 Å². The Morgan fingerprint density at radius 1 is 1.39 bits per heavy atom. The Hall–Kier alpha value is -2.08. The highest BCUT2D eigenvalue weighted by atomic mass is 32.2. The molecule has 1 atom stereocenters. The molecule has 0 spiro atoms. The van der Waals surface area contributed by atoms with Crippen LogP contribution in [0.2, 0.25) is 0 Å². The normalized spacial score (nSPS) is 17.0. The maximum atomic E-state index is 13.5. The number of anilines is 1. The molecule has 0 unspecified atom stereocenters. The van der Waals surface area contributed by atoms with Crippen molar-refractivity contribution in [2.45, 2.75) is 19.4 Å². The summed E-state index contributed by atoms with van der Waals surface area (Å²) in [6.45, 7) is 1.68. The highest BCUT2D eigenvalue weighted by Gasteiger charge is 2.18. The number of halogens is 1. The second-order valence-corrected chi connectivity index (χ2v) is 6.55. The lowest BCUT2D eigenvalue weighted by Crippen LogP contribution is -2.17. The fraction of sp³-hybridized carbons (Fsp3) is 0.294. The first-order chi connectivity index (χ1) is 11.1. The number of amides is 1. The van der Waals surface area contributed by atoms with Gasteiger partial charge < -0.3 is 10.1 Å². The van der Waals surface area contributed by atoms with Crippen LogP contribution >= 0.6 is 11.8 Å². The maximum absolute atomic E-state index is 13.5. The predicted molar refractivity (Wildman–Crippen MR) is 89.7 cm³/mol. The topological polar surface area (TPSA) is 51.2 Å². The van der Waals surface area contributed by atoms with E-state index in [0.717, 1.165) is 17.9 Å². The number of aryl methyl sites for hydroxylation is 1. The van der Waals surface area contributed by atoms with Gasteiger partial charge in [-0.1, -0.05) is 6.07 Å². The van der Waals surface area contributed by atoms with Gasteiger partial charge >= 0.3 is 0 Å². The Labute approximate surface area is 138 Å². The van der Waals surface area contributed by atoms with Crippen molar-refractivity contribution in [3.8, 4) is 5.88 Å². The number of benzene rings is 1. The summed E-state index contributed by atoms with van der Waals surface area (Å²) in [6.07, 6.45) is 2.69. The molecule has 0 radical (unpaired) electrons. The molecule has 1 aromatic carbocycles.